The van der Waals surface area contributed by atoms with E-state index in [1.165, 1.54) is 50.0 Å². The molecular weight excluding hydrogens is 284 g/mol. The summed E-state index contributed by atoms with van der Waals surface area (Å²) in [4.78, 5) is 5.10. The summed E-state index contributed by atoms with van der Waals surface area (Å²) < 4.78 is 0. The number of benzene rings is 1. The lowest BCUT2D eigenvalue weighted by Crippen LogP contribution is -2.43. The van der Waals surface area contributed by atoms with Crippen molar-refractivity contribution in [1.82, 2.24) is 20.0 Å². The molecule has 4 nitrogen and oxygen atoms in total. The highest BCUT2D eigenvalue weighted by atomic mass is 15.2. The molecule has 0 amide bonds. The monoisotopic (exact) mass is 312 g/mol. The van der Waals surface area contributed by atoms with Crippen molar-refractivity contribution in [3.05, 3.63) is 42.1 Å². The Kier molecular flexibility index (Phi) is 5.47. The molecule has 0 aliphatic carbocycles. The molecule has 4 heteroatoms. The molecule has 0 atom stereocenters. The fraction of sp³-hybridized carbons (Fsp3) is 0.526. The molecule has 0 bridgehead atoms. The van der Waals surface area contributed by atoms with Crippen molar-refractivity contribution in [2.24, 2.45) is 0 Å². The van der Waals surface area contributed by atoms with Crippen LogP contribution in [0, 0.1) is 0 Å². The van der Waals surface area contributed by atoms with Crippen molar-refractivity contribution in [2.75, 3.05) is 26.7 Å². The van der Waals surface area contributed by atoms with E-state index in [2.05, 4.69) is 64.3 Å². The molecule has 2 heterocycles. The molecule has 0 unspecified atom stereocenters. The molecule has 1 aliphatic heterocycles. The summed E-state index contributed by atoms with van der Waals surface area (Å²) in [5.41, 5.74) is 3.65. The highest BCUT2D eigenvalue weighted by molar-refractivity contribution is 5.62. The zero-order valence-electron chi connectivity index (χ0n) is 14.3. The average Bonchev–Trinajstić information content (AvgIpc) is 3.05. The van der Waals surface area contributed by atoms with Crippen LogP contribution in [-0.4, -0.2) is 52.7 Å². The summed E-state index contributed by atoms with van der Waals surface area (Å²) in [5, 5.41) is 7.44. The molecule has 0 radical (unpaired) electrons. The Balaban J connectivity index is 1.61. The Morgan fingerprint density at radius 3 is 2.65 bits per heavy atom. The predicted octanol–water partition coefficient (Wildman–Crippen LogP) is 3.38. The minimum atomic E-state index is 0.682. The van der Waals surface area contributed by atoms with Gasteiger partial charge in [0.2, 0.25) is 0 Å². The molecule has 0 saturated carbocycles. The zero-order valence-corrected chi connectivity index (χ0v) is 14.3. The van der Waals surface area contributed by atoms with Gasteiger partial charge in [-0.2, -0.15) is 5.10 Å². The molecule has 1 aromatic carbocycles. The maximum Gasteiger partial charge on any atom is 0.0695 e. The van der Waals surface area contributed by atoms with Crippen molar-refractivity contribution in [3.63, 3.8) is 0 Å². The number of aromatic amines is 1. The van der Waals surface area contributed by atoms with Gasteiger partial charge in [0.05, 0.1) is 11.9 Å². The van der Waals surface area contributed by atoms with E-state index in [-0.39, 0.29) is 0 Å². The van der Waals surface area contributed by atoms with Gasteiger partial charge in [0.1, 0.15) is 0 Å². The van der Waals surface area contributed by atoms with Gasteiger partial charge in [-0.25, -0.2) is 0 Å². The molecule has 1 aromatic heterocycles. The second-order valence-corrected chi connectivity index (χ2v) is 6.62. The third-order valence-electron chi connectivity index (χ3n) is 4.92. The average molecular weight is 312 g/mol. The Hall–Kier alpha value is -1.65. The topological polar surface area (TPSA) is 35.2 Å². The van der Waals surface area contributed by atoms with Crippen molar-refractivity contribution in [2.45, 2.75) is 38.8 Å². The fourth-order valence-corrected chi connectivity index (χ4v) is 3.58. The lowest BCUT2D eigenvalue weighted by Gasteiger charge is -2.36. The minimum absolute atomic E-state index is 0.682. The zero-order chi connectivity index (χ0) is 16.1. The lowest BCUT2D eigenvalue weighted by molar-refractivity contribution is 0.123. The Morgan fingerprint density at radius 2 is 1.96 bits per heavy atom. The molecule has 23 heavy (non-hydrogen) atoms. The number of hydrogen-bond acceptors (Lipinski definition) is 3. The van der Waals surface area contributed by atoms with E-state index in [9.17, 15) is 0 Å². The Morgan fingerprint density at radius 1 is 1.22 bits per heavy atom. The maximum atomic E-state index is 4.27. The highest BCUT2D eigenvalue weighted by Crippen LogP contribution is 2.24. The van der Waals surface area contributed by atoms with Crippen LogP contribution in [0.15, 0.2) is 36.5 Å². The number of nitrogens with one attached hydrogen (secondary N) is 1. The smallest absolute Gasteiger partial charge is 0.0695 e. The summed E-state index contributed by atoms with van der Waals surface area (Å²) >= 11 is 0. The summed E-state index contributed by atoms with van der Waals surface area (Å²) in [5.74, 6) is 0. The van der Waals surface area contributed by atoms with Gasteiger partial charge in [0.25, 0.3) is 0 Å². The summed E-state index contributed by atoms with van der Waals surface area (Å²) in [6, 6.07) is 11.2. The van der Waals surface area contributed by atoms with E-state index >= 15 is 0 Å². The van der Waals surface area contributed by atoms with E-state index < -0.39 is 0 Å². The van der Waals surface area contributed by atoms with Crippen LogP contribution in [0.25, 0.3) is 11.3 Å². The minimum Gasteiger partial charge on any atom is -0.303 e. The second-order valence-electron chi connectivity index (χ2n) is 6.62. The molecule has 1 saturated heterocycles. The quantitative estimate of drug-likeness (QED) is 0.888. The van der Waals surface area contributed by atoms with E-state index in [1.807, 2.05) is 6.20 Å². The van der Waals surface area contributed by atoms with Crippen LogP contribution in [-0.2, 0) is 6.54 Å². The third-order valence-corrected chi connectivity index (χ3v) is 4.92. The van der Waals surface area contributed by atoms with Crippen LogP contribution < -0.4 is 0 Å². The third kappa shape index (κ3) is 4.01. The number of hydrogen-bond donors (Lipinski definition) is 1. The van der Waals surface area contributed by atoms with E-state index in [1.54, 1.807) is 0 Å². The van der Waals surface area contributed by atoms with Gasteiger partial charge >= 0.3 is 0 Å². The van der Waals surface area contributed by atoms with Crippen LogP contribution >= 0.6 is 0 Å². The molecule has 1 fully saturated rings. The molecule has 124 valence electrons. The van der Waals surface area contributed by atoms with Crippen LogP contribution in [0.1, 0.15) is 31.7 Å². The summed E-state index contributed by atoms with van der Waals surface area (Å²) in [7, 11) is 2.25. The van der Waals surface area contributed by atoms with Gasteiger partial charge in [-0.3, -0.25) is 10.00 Å². The van der Waals surface area contributed by atoms with Crippen molar-refractivity contribution < 1.29 is 0 Å². The first-order chi connectivity index (χ1) is 11.3. The van der Waals surface area contributed by atoms with E-state index in [4.69, 9.17) is 0 Å². The van der Waals surface area contributed by atoms with Gasteiger partial charge in [0, 0.05) is 18.2 Å². The van der Waals surface area contributed by atoms with Gasteiger partial charge in [-0.15, -0.1) is 0 Å². The number of rotatable bonds is 6. The first kappa shape index (κ1) is 16.2. The van der Waals surface area contributed by atoms with Gasteiger partial charge in [0.15, 0.2) is 0 Å². The van der Waals surface area contributed by atoms with Crippen molar-refractivity contribution in [1.29, 1.82) is 0 Å². The second kappa shape index (κ2) is 7.75. The first-order valence-electron chi connectivity index (χ1n) is 8.78. The van der Waals surface area contributed by atoms with Gasteiger partial charge in [-0.05, 0) is 51.5 Å². The predicted molar refractivity (Wildman–Crippen MR) is 95.2 cm³/mol. The molecule has 3 rings (SSSR count). The summed E-state index contributed by atoms with van der Waals surface area (Å²) in [6.07, 6.45) is 5.78. The number of aromatic nitrogens is 2. The number of piperidine rings is 1. The maximum absolute atomic E-state index is 4.27. The number of likely N-dealkylation sites (tertiary alicyclic amines) is 1. The normalized spacial score (nSPS) is 17.0. The van der Waals surface area contributed by atoms with Gasteiger partial charge < -0.3 is 4.90 Å². The van der Waals surface area contributed by atoms with Crippen LogP contribution in [0.2, 0.25) is 0 Å². The van der Waals surface area contributed by atoms with Crippen molar-refractivity contribution in [3.8, 4) is 11.3 Å². The fourth-order valence-electron chi connectivity index (χ4n) is 3.58. The highest BCUT2D eigenvalue weighted by Gasteiger charge is 2.22. The molecule has 1 aliphatic rings. The van der Waals surface area contributed by atoms with E-state index in [0.717, 1.165) is 12.2 Å². The Labute approximate surface area is 139 Å². The first-order valence-corrected chi connectivity index (χ1v) is 8.78. The van der Waals surface area contributed by atoms with Crippen LogP contribution in [0.4, 0.5) is 0 Å². The van der Waals surface area contributed by atoms with E-state index in [0.29, 0.717) is 6.04 Å². The molecule has 2 aromatic rings. The SMILES string of the molecule is CCCN1CCC(N(C)Cc2cn[nH]c2-c2ccccc2)CC1. The molecule has 1 N–H and O–H groups in total. The van der Waals surface area contributed by atoms with Crippen LogP contribution in [0.5, 0.6) is 0 Å². The van der Waals surface area contributed by atoms with Gasteiger partial charge in [-0.1, -0.05) is 37.3 Å². The summed E-state index contributed by atoms with van der Waals surface area (Å²) in [6.45, 7) is 6.94. The molecular formula is C19H28N4. The lowest BCUT2D eigenvalue weighted by atomic mass is 10.0. The largest absolute Gasteiger partial charge is 0.303 e. The number of nitrogens with zero attached hydrogens (tertiary/aromatic N) is 3. The molecule has 0 spiro atoms. The number of H-pyrrole nitrogens is 1. The Bertz CT molecular complexity index is 584. The standard InChI is InChI=1S/C19H28N4/c1-3-11-23-12-9-18(10-13-23)22(2)15-17-14-20-21-19(17)16-7-5-4-6-8-16/h4-8,14,18H,3,9-13,15H2,1-2H3,(H,20,21). The van der Waals surface area contributed by atoms with Crippen LogP contribution in [0.3, 0.4) is 0 Å². The van der Waals surface area contributed by atoms with Crippen molar-refractivity contribution >= 4 is 0 Å².